The highest BCUT2D eigenvalue weighted by atomic mass is 35.5. The molecule has 0 aliphatic carbocycles. The minimum absolute atomic E-state index is 0.381. The SMILES string of the molecule is Clc1cccc(Cl)c1OCC1CSCCN1. The Morgan fingerprint density at radius 2 is 2.12 bits per heavy atom. The van der Waals surface area contributed by atoms with Gasteiger partial charge in [0.15, 0.2) is 5.75 Å². The Kier molecular flexibility index (Phi) is 4.65. The van der Waals surface area contributed by atoms with Crippen molar-refractivity contribution in [1.82, 2.24) is 5.32 Å². The van der Waals surface area contributed by atoms with Crippen molar-refractivity contribution in [1.29, 1.82) is 0 Å². The zero-order valence-corrected chi connectivity index (χ0v) is 11.0. The number of thioether (sulfide) groups is 1. The number of halogens is 2. The van der Waals surface area contributed by atoms with E-state index in [9.17, 15) is 0 Å². The topological polar surface area (TPSA) is 21.3 Å². The second-order valence-corrected chi connectivity index (χ2v) is 5.55. The fraction of sp³-hybridized carbons (Fsp3) is 0.455. The maximum Gasteiger partial charge on any atom is 0.156 e. The molecule has 1 aromatic carbocycles. The minimum Gasteiger partial charge on any atom is -0.489 e. The number of benzene rings is 1. The molecule has 2 rings (SSSR count). The van der Waals surface area contributed by atoms with E-state index in [2.05, 4.69) is 5.32 Å². The van der Waals surface area contributed by atoms with E-state index in [1.165, 1.54) is 5.75 Å². The lowest BCUT2D eigenvalue weighted by atomic mass is 10.3. The zero-order chi connectivity index (χ0) is 11.4. The van der Waals surface area contributed by atoms with Crippen LogP contribution in [0, 0.1) is 0 Å². The Labute approximate surface area is 110 Å². The van der Waals surface area contributed by atoms with Crippen LogP contribution in [0.15, 0.2) is 18.2 Å². The molecule has 1 unspecified atom stereocenters. The molecule has 1 aliphatic rings. The van der Waals surface area contributed by atoms with Crippen molar-refractivity contribution >= 4 is 35.0 Å². The van der Waals surface area contributed by atoms with E-state index in [4.69, 9.17) is 27.9 Å². The van der Waals surface area contributed by atoms with Crippen LogP contribution in [0.5, 0.6) is 5.75 Å². The van der Waals surface area contributed by atoms with Crippen molar-refractivity contribution in [3.05, 3.63) is 28.2 Å². The Hall–Kier alpha value is -0.0900. The first-order valence-corrected chi connectivity index (χ1v) is 7.06. The Bertz CT molecular complexity index is 336. The van der Waals surface area contributed by atoms with E-state index < -0.39 is 0 Å². The summed E-state index contributed by atoms with van der Waals surface area (Å²) in [6, 6.07) is 5.76. The van der Waals surface area contributed by atoms with Crippen LogP contribution in [0.4, 0.5) is 0 Å². The molecule has 0 bridgehead atoms. The number of rotatable bonds is 3. The van der Waals surface area contributed by atoms with Crippen molar-refractivity contribution < 1.29 is 4.74 Å². The average molecular weight is 278 g/mol. The standard InChI is InChI=1S/C11H13Cl2NOS/c12-9-2-1-3-10(13)11(9)15-6-8-7-16-5-4-14-8/h1-3,8,14H,4-7H2. The van der Waals surface area contributed by atoms with Gasteiger partial charge in [0, 0.05) is 18.1 Å². The highest BCUT2D eigenvalue weighted by Crippen LogP contribution is 2.32. The molecule has 5 heteroatoms. The molecule has 0 radical (unpaired) electrons. The molecule has 1 atom stereocenters. The second kappa shape index (κ2) is 6.01. The third-order valence-electron chi connectivity index (χ3n) is 2.35. The molecule has 16 heavy (non-hydrogen) atoms. The van der Waals surface area contributed by atoms with E-state index in [1.54, 1.807) is 12.1 Å². The van der Waals surface area contributed by atoms with Crippen LogP contribution in [0.3, 0.4) is 0 Å². The summed E-state index contributed by atoms with van der Waals surface area (Å²) in [5, 5.41) is 4.53. The highest BCUT2D eigenvalue weighted by Gasteiger charge is 2.15. The van der Waals surface area contributed by atoms with E-state index in [0.717, 1.165) is 12.3 Å². The van der Waals surface area contributed by atoms with Crippen molar-refractivity contribution in [2.75, 3.05) is 24.7 Å². The molecule has 2 nitrogen and oxygen atoms in total. The average Bonchev–Trinajstić information content (AvgIpc) is 2.30. The molecular formula is C11H13Cl2NOS. The van der Waals surface area contributed by atoms with Gasteiger partial charge in [-0.15, -0.1) is 0 Å². The Morgan fingerprint density at radius 3 is 2.75 bits per heavy atom. The lowest BCUT2D eigenvalue weighted by Gasteiger charge is -2.23. The van der Waals surface area contributed by atoms with E-state index >= 15 is 0 Å². The fourth-order valence-electron chi connectivity index (χ4n) is 1.53. The van der Waals surface area contributed by atoms with Gasteiger partial charge in [-0.25, -0.2) is 0 Å². The van der Waals surface area contributed by atoms with Crippen LogP contribution in [-0.4, -0.2) is 30.7 Å². The van der Waals surface area contributed by atoms with Crippen LogP contribution in [0.2, 0.25) is 10.0 Å². The molecule has 1 heterocycles. The van der Waals surface area contributed by atoms with Crippen LogP contribution in [-0.2, 0) is 0 Å². The molecule has 1 N–H and O–H groups in total. The molecule has 0 spiro atoms. The summed E-state index contributed by atoms with van der Waals surface area (Å²) >= 11 is 14.0. The molecule has 0 saturated carbocycles. The first-order chi connectivity index (χ1) is 7.77. The first-order valence-electron chi connectivity index (χ1n) is 5.15. The monoisotopic (exact) mass is 277 g/mol. The molecule has 0 aromatic heterocycles. The van der Waals surface area contributed by atoms with Crippen molar-refractivity contribution in [3.8, 4) is 5.75 Å². The molecular weight excluding hydrogens is 265 g/mol. The van der Waals surface area contributed by atoms with Gasteiger partial charge in [0.25, 0.3) is 0 Å². The number of hydrogen-bond acceptors (Lipinski definition) is 3. The van der Waals surface area contributed by atoms with Gasteiger partial charge in [-0.1, -0.05) is 29.3 Å². The third kappa shape index (κ3) is 3.20. The van der Waals surface area contributed by atoms with Gasteiger partial charge in [0.05, 0.1) is 16.1 Å². The van der Waals surface area contributed by atoms with E-state index in [1.807, 2.05) is 17.8 Å². The maximum absolute atomic E-state index is 6.01. The quantitative estimate of drug-likeness (QED) is 0.918. The molecule has 1 aliphatic heterocycles. The van der Waals surface area contributed by atoms with E-state index in [0.29, 0.717) is 28.4 Å². The van der Waals surface area contributed by atoms with Crippen molar-refractivity contribution in [3.63, 3.8) is 0 Å². The number of nitrogens with one attached hydrogen (secondary N) is 1. The van der Waals surface area contributed by atoms with Gasteiger partial charge < -0.3 is 10.1 Å². The summed E-state index contributed by atoms with van der Waals surface area (Å²) in [5.74, 6) is 2.83. The van der Waals surface area contributed by atoms with Gasteiger partial charge in [0.1, 0.15) is 6.61 Å². The number of para-hydroxylation sites is 1. The fourth-order valence-corrected chi connectivity index (χ4v) is 2.97. The highest BCUT2D eigenvalue weighted by molar-refractivity contribution is 7.99. The smallest absolute Gasteiger partial charge is 0.156 e. The molecule has 0 amide bonds. The lowest BCUT2D eigenvalue weighted by molar-refractivity contribution is 0.276. The normalized spacial score (nSPS) is 20.8. The summed E-state index contributed by atoms with van der Waals surface area (Å²) in [5.41, 5.74) is 0. The summed E-state index contributed by atoms with van der Waals surface area (Å²) in [7, 11) is 0. The van der Waals surface area contributed by atoms with Crippen molar-refractivity contribution in [2.24, 2.45) is 0 Å². The Balaban J connectivity index is 1.93. The second-order valence-electron chi connectivity index (χ2n) is 3.59. The van der Waals surface area contributed by atoms with E-state index in [-0.39, 0.29) is 0 Å². The maximum atomic E-state index is 6.01. The van der Waals surface area contributed by atoms with Crippen LogP contribution in [0.1, 0.15) is 0 Å². The predicted molar refractivity (Wildman–Crippen MR) is 71.1 cm³/mol. The number of hydrogen-bond donors (Lipinski definition) is 1. The number of ether oxygens (including phenoxy) is 1. The first kappa shape index (κ1) is 12.4. The summed E-state index contributed by atoms with van der Waals surface area (Å²) in [6.45, 7) is 1.64. The minimum atomic E-state index is 0.381. The molecule has 1 saturated heterocycles. The molecule has 88 valence electrons. The van der Waals surface area contributed by atoms with Gasteiger partial charge in [0.2, 0.25) is 0 Å². The van der Waals surface area contributed by atoms with Crippen molar-refractivity contribution in [2.45, 2.75) is 6.04 Å². The van der Waals surface area contributed by atoms with Gasteiger partial charge >= 0.3 is 0 Å². The molecule has 1 aromatic rings. The van der Waals surface area contributed by atoms with Crippen LogP contribution < -0.4 is 10.1 Å². The van der Waals surface area contributed by atoms with Gasteiger partial charge in [-0.2, -0.15) is 11.8 Å². The third-order valence-corrected chi connectivity index (χ3v) is 4.07. The largest absolute Gasteiger partial charge is 0.489 e. The lowest BCUT2D eigenvalue weighted by Crippen LogP contribution is -2.41. The zero-order valence-electron chi connectivity index (χ0n) is 8.71. The predicted octanol–water partition coefficient (Wildman–Crippen LogP) is 3.08. The molecule has 1 fully saturated rings. The summed E-state index contributed by atoms with van der Waals surface area (Å²) in [6.07, 6.45) is 0. The van der Waals surface area contributed by atoms with Crippen LogP contribution >= 0.6 is 35.0 Å². The Morgan fingerprint density at radius 1 is 1.38 bits per heavy atom. The summed E-state index contributed by atoms with van der Waals surface area (Å²) < 4.78 is 5.67. The summed E-state index contributed by atoms with van der Waals surface area (Å²) in [4.78, 5) is 0. The van der Waals surface area contributed by atoms with Gasteiger partial charge in [-0.05, 0) is 12.1 Å². The van der Waals surface area contributed by atoms with Gasteiger partial charge in [-0.3, -0.25) is 0 Å². The van der Waals surface area contributed by atoms with Crippen LogP contribution in [0.25, 0.3) is 0 Å².